The van der Waals surface area contributed by atoms with Crippen molar-refractivity contribution in [1.82, 2.24) is 20.0 Å². The van der Waals surface area contributed by atoms with E-state index < -0.39 is 11.8 Å². The molecular weight excluding hydrogens is 413 g/mol. The topological polar surface area (TPSA) is 137 Å². The summed E-state index contributed by atoms with van der Waals surface area (Å²) in [5, 5.41) is 16.7. The maximum atomic E-state index is 12.9. The van der Waals surface area contributed by atoms with Crippen LogP contribution in [0.2, 0.25) is 0 Å². The first-order valence-electron chi connectivity index (χ1n) is 8.51. The number of ketones is 1. The van der Waals surface area contributed by atoms with Gasteiger partial charge in [0.15, 0.2) is 29.4 Å². The van der Waals surface area contributed by atoms with Crippen molar-refractivity contribution in [3.63, 3.8) is 0 Å². The summed E-state index contributed by atoms with van der Waals surface area (Å²) in [6.07, 6.45) is 2.52. The lowest BCUT2D eigenvalue weighted by Crippen LogP contribution is -2.02. The van der Waals surface area contributed by atoms with Crippen LogP contribution in [0.25, 0.3) is 11.3 Å². The second kappa shape index (κ2) is 9.09. The van der Waals surface area contributed by atoms with Crippen LogP contribution < -0.4 is 5.73 Å². The number of carbonyl (C=O) groups is 2. The Morgan fingerprint density at radius 2 is 2.10 bits per heavy atom. The van der Waals surface area contributed by atoms with Crippen LogP contribution in [0.5, 0.6) is 0 Å². The molecule has 0 amide bonds. The van der Waals surface area contributed by atoms with Gasteiger partial charge < -0.3 is 15.3 Å². The largest absolute Gasteiger partial charge is 0.476 e. The van der Waals surface area contributed by atoms with E-state index in [9.17, 15) is 14.0 Å². The van der Waals surface area contributed by atoms with Crippen molar-refractivity contribution >= 4 is 28.9 Å². The first-order chi connectivity index (χ1) is 14.3. The summed E-state index contributed by atoms with van der Waals surface area (Å²) in [5.41, 5.74) is 5.57. The number of carboxylic acids is 1. The Hall–Kier alpha value is -3.86. The van der Waals surface area contributed by atoms with Gasteiger partial charge in [-0.1, -0.05) is 12.1 Å². The Balaban J connectivity index is 0.000000171. The first-order valence-corrected chi connectivity index (χ1v) is 9.33. The van der Waals surface area contributed by atoms with E-state index in [1.54, 1.807) is 13.0 Å². The molecule has 30 heavy (non-hydrogen) atoms. The van der Waals surface area contributed by atoms with Crippen molar-refractivity contribution in [3.05, 3.63) is 70.3 Å². The molecule has 0 atom stereocenters. The predicted molar refractivity (Wildman–Crippen MR) is 107 cm³/mol. The number of thiophene rings is 1. The lowest BCUT2D eigenvalue weighted by Gasteiger charge is -1.97. The van der Waals surface area contributed by atoms with E-state index in [2.05, 4.69) is 15.2 Å². The summed E-state index contributed by atoms with van der Waals surface area (Å²) in [4.78, 5) is 28.6. The summed E-state index contributed by atoms with van der Waals surface area (Å²) >= 11 is 1.45. The number of oxazole rings is 1. The van der Waals surface area contributed by atoms with E-state index in [1.165, 1.54) is 40.5 Å². The van der Waals surface area contributed by atoms with Gasteiger partial charge in [-0.3, -0.25) is 4.79 Å². The molecule has 3 heterocycles. The molecular formula is C19H16FN5O4S. The molecule has 4 rings (SSSR count). The number of carboxylic acid groups (broad SMARTS) is 1. The number of aromatic nitrogens is 4. The maximum Gasteiger partial charge on any atom is 0.358 e. The van der Waals surface area contributed by atoms with Crippen LogP contribution in [-0.4, -0.2) is 36.8 Å². The van der Waals surface area contributed by atoms with Crippen LogP contribution in [0.3, 0.4) is 0 Å². The number of rotatable bonds is 5. The summed E-state index contributed by atoms with van der Waals surface area (Å²) in [6, 6.07) is 9.19. The van der Waals surface area contributed by atoms with E-state index in [4.69, 9.17) is 15.3 Å². The third-order valence-corrected chi connectivity index (χ3v) is 4.89. The molecule has 0 spiro atoms. The molecule has 3 aromatic heterocycles. The molecule has 1 aromatic carbocycles. The fraction of sp³-hybridized carbons (Fsp3) is 0.105. The van der Waals surface area contributed by atoms with E-state index in [0.717, 1.165) is 16.1 Å². The van der Waals surface area contributed by atoms with Crippen molar-refractivity contribution in [2.24, 2.45) is 0 Å². The summed E-state index contributed by atoms with van der Waals surface area (Å²) in [5.74, 6) is -1.12. The van der Waals surface area contributed by atoms with Gasteiger partial charge in [0.2, 0.25) is 0 Å². The molecule has 0 aliphatic rings. The Kier molecular flexibility index (Phi) is 6.32. The van der Waals surface area contributed by atoms with Crippen molar-refractivity contribution < 1.29 is 23.5 Å². The zero-order chi connectivity index (χ0) is 21.7. The third kappa shape index (κ3) is 5.14. The molecule has 11 heteroatoms. The number of halogens is 1. The number of nitrogens with two attached hydrogens (primary N) is 1. The van der Waals surface area contributed by atoms with Crippen LogP contribution in [-0.2, 0) is 6.54 Å². The second-order valence-corrected chi connectivity index (χ2v) is 7.14. The molecule has 0 bridgehead atoms. The highest BCUT2D eigenvalue weighted by atomic mass is 32.1. The summed E-state index contributed by atoms with van der Waals surface area (Å²) in [7, 11) is 0. The van der Waals surface area contributed by atoms with Crippen molar-refractivity contribution in [3.8, 4) is 11.3 Å². The molecule has 0 radical (unpaired) electrons. The number of carbonyl (C=O) groups excluding carboxylic acids is 1. The van der Waals surface area contributed by atoms with Crippen LogP contribution in [0.1, 0.15) is 32.0 Å². The molecule has 0 saturated heterocycles. The fourth-order valence-electron chi connectivity index (χ4n) is 2.41. The Labute approximate surface area is 173 Å². The molecule has 3 N–H and O–H groups in total. The zero-order valence-electron chi connectivity index (χ0n) is 15.7. The fourth-order valence-corrected chi connectivity index (χ4v) is 3.29. The average Bonchev–Trinajstić information content (AvgIpc) is 3.43. The number of nitrogens with zero attached hydrogens (tertiary/aromatic N) is 4. The van der Waals surface area contributed by atoms with Gasteiger partial charge in [0.1, 0.15) is 5.82 Å². The van der Waals surface area contributed by atoms with E-state index >= 15 is 0 Å². The number of benzene rings is 1. The highest BCUT2D eigenvalue weighted by Gasteiger charge is 2.17. The van der Waals surface area contributed by atoms with Crippen LogP contribution >= 0.6 is 11.3 Å². The van der Waals surface area contributed by atoms with Gasteiger partial charge >= 0.3 is 5.97 Å². The molecule has 0 fully saturated rings. The Morgan fingerprint density at radius 1 is 1.30 bits per heavy atom. The van der Waals surface area contributed by atoms with Gasteiger partial charge in [0, 0.05) is 10.4 Å². The summed E-state index contributed by atoms with van der Waals surface area (Å²) in [6.45, 7) is 2.11. The molecule has 0 unspecified atom stereocenters. The number of hydrogen-bond acceptors (Lipinski definition) is 8. The minimum absolute atomic E-state index is 0.0574. The predicted octanol–water partition coefficient (Wildman–Crippen LogP) is 3.35. The quantitative estimate of drug-likeness (QED) is 0.461. The number of hydrogen-bond donors (Lipinski definition) is 2. The molecule has 0 aliphatic heterocycles. The third-order valence-electron chi connectivity index (χ3n) is 3.72. The van der Waals surface area contributed by atoms with Gasteiger partial charge in [-0.2, -0.15) is 9.90 Å². The average molecular weight is 429 g/mol. The van der Waals surface area contributed by atoms with E-state index in [0.29, 0.717) is 17.9 Å². The van der Waals surface area contributed by atoms with Crippen molar-refractivity contribution in [2.45, 2.75) is 13.5 Å². The van der Waals surface area contributed by atoms with Gasteiger partial charge in [-0.05, 0) is 31.2 Å². The lowest BCUT2D eigenvalue weighted by atomic mass is 10.1. The van der Waals surface area contributed by atoms with E-state index in [-0.39, 0.29) is 17.2 Å². The maximum absolute atomic E-state index is 12.9. The number of aromatic carboxylic acids is 1. The van der Waals surface area contributed by atoms with E-state index in [1.807, 2.05) is 12.1 Å². The highest BCUT2D eigenvalue weighted by Crippen LogP contribution is 2.23. The Bertz CT molecular complexity index is 1180. The van der Waals surface area contributed by atoms with Gasteiger partial charge in [0.05, 0.1) is 17.6 Å². The first kappa shape index (κ1) is 20.9. The zero-order valence-corrected chi connectivity index (χ0v) is 16.5. The summed E-state index contributed by atoms with van der Waals surface area (Å²) < 4.78 is 17.8. The molecule has 0 saturated carbocycles. The van der Waals surface area contributed by atoms with Gasteiger partial charge in [0.25, 0.3) is 0 Å². The standard InChI is InChI=1S/C10H6FNO3.C9H10N4OS/c11-7-3-1-2-6(4-7)9-8(10(13)14)12-5-15-9;1-6(14)8-3-2-7(15-8)5-13-11-4-9(10)12-13/h1-5H,(H,13,14);2-4H,5H2,1H3,(H2,10,12). The van der Waals surface area contributed by atoms with Crippen molar-refractivity contribution in [2.75, 3.05) is 5.73 Å². The van der Waals surface area contributed by atoms with Gasteiger partial charge in [-0.25, -0.2) is 14.2 Å². The molecule has 154 valence electrons. The number of anilines is 1. The minimum atomic E-state index is -1.21. The molecule has 4 aromatic rings. The SMILES string of the molecule is CC(=O)c1ccc(Cn2ncc(N)n2)s1.O=C(O)c1ncoc1-c1cccc(F)c1. The minimum Gasteiger partial charge on any atom is -0.476 e. The highest BCUT2D eigenvalue weighted by molar-refractivity contribution is 7.14. The van der Waals surface area contributed by atoms with Gasteiger partial charge in [-0.15, -0.1) is 16.4 Å². The number of Topliss-reactive ketones (excluding diaryl/α,β-unsaturated/α-hetero) is 1. The second-order valence-electron chi connectivity index (χ2n) is 5.97. The molecule has 0 aliphatic carbocycles. The lowest BCUT2D eigenvalue weighted by molar-refractivity contribution is 0.0691. The molecule has 9 nitrogen and oxygen atoms in total. The van der Waals surface area contributed by atoms with Crippen molar-refractivity contribution in [1.29, 1.82) is 0 Å². The van der Waals surface area contributed by atoms with Crippen LogP contribution in [0.4, 0.5) is 10.2 Å². The smallest absolute Gasteiger partial charge is 0.358 e. The Morgan fingerprint density at radius 3 is 2.70 bits per heavy atom. The normalized spacial score (nSPS) is 10.3. The van der Waals surface area contributed by atoms with Crippen LogP contribution in [0.15, 0.2) is 53.4 Å². The number of nitrogen functional groups attached to an aromatic ring is 1. The van der Waals surface area contributed by atoms with Crippen LogP contribution in [0, 0.1) is 5.82 Å². The monoisotopic (exact) mass is 429 g/mol.